The number of benzene rings is 2. The zero-order valence-corrected chi connectivity index (χ0v) is 16.5. The molecule has 2 heterocycles. The third kappa shape index (κ3) is 3.31. The van der Waals surface area contributed by atoms with E-state index in [-0.39, 0.29) is 11.8 Å². The number of carbonyl (C=O) groups excluding carboxylic acids is 1. The van der Waals surface area contributed by atoms with Crippen LogP contribution in [0.4, 0.5) is 0 Å². The number of carbonyl (C=O) groups is 1. The molecule has 1 aliphatic carbocycles. The summed E-state index contributed by atoms with van der Waals surface area (Å²) >= 11 is 0. The lowest BCUT2D eigenvalue weighted by Crippen LogP contribution is -2.38. The molecule has 1 amide bonds. The Hall–Kier alpha value is -2.73. The van der Waals surface area contributed by atoms with E-state index in [1.165, 1.54) is 0 Å². The van der Waals surface area contributed by atoms with E-state index in [1.54, 1.807) is 0 Å². The molecule has 3 aromatic rings. The molecule has 6 nitrogen and oxygen atoms in total. The lowest BCUT2D eigenvalue weighted by Gasteiger charge is -2.30. The zero-order chi connectivity index (χ0) is 19.8. The molecule has 1 aliphatic heterocycles. The van der Waals surface area contributed by atoms with Gasteiger partial charge in [0.05, 0.1) is 5.54 Å². The molecule has 2 aromatic carbocycles. The van der Waals surface area contributed by atoms with E-state index in [9.17, 15) is 4.79 Å². The van der Waals surface area contributed by atoms with Crippen molar-refractivity contribution in [2.75, 3.05) is 13.1 Å². The Kier molecular flexibility index (Phi) is 4.59. The molecule has 2 fully saturated rings. The zero-order valence-electron chi connectivity index (χ0n) is 16.5. The van der Waals surface area contributed by atoms with Crippen LogP contribution in [0.25, 0.3) is 10.8 Å². The summed E-state index contributed by atoms with van der Waals surface area (Å²) < 4.78 is 5.58. The number of aromatic nitrogens is 2. The van der Waals surface area contributed by atoms with Crippen molar-refractivity contribution in [3.8, 4) is 0 Å². The van der Waals surface area contributed by atoms with Crippen molar-refractivity contribution in [3.63, 3.8) is 0 Å². The standard InChI is InChI=1S/C23H26N4O2/c24-23(12-3-4-13-23)22-25-20(29-26-22)17-10-14-27(15-11-17)21(28)19-9-5-7-16-6-1-2-8-18(16)19/h1-2,5-9,17H,3-4,10-15,24H2. The van der Waals surface area contributed by atoms with Gasteiger partial charge in [0.15, 0.2) is 5.82 Å². The van der Waals surface area contributed by atoms with Crippen LogP contribution >= 0.6 is 0 Å². The number of piperidine rings is 1. The Labute approximate surface area is 170 Å². The summed E-state index contributed by atoms with van der Waals surface area (Å²) in [5.41, 5.74) is 6.80. The fourth-order valence-electron chi connectivity index (χ4n) is 4.74. The second-order valence-electron chi connectivity index (χ2n) is 8.41. The molecule has 29 heavy (non-hydrogen) atoms. The largest absolute Gasteiger partial charge is 0.339 e. The summed E-state index contributed by atoms with van der Waals surface area (Å²) in [5.74, 6) is 1.62. The van der Waals surface area contributed by atoms with Crippen LogP contribution in [0.1, 0.15) is 66.5 Å². The highest BCUT2D eigenvalue weighted by Crippen LogP contribution is 2.36. The maximum absolute atomic E-state index is 13.1. The molecule has 1 saturated carbocycles. The topological polar surface area (TPSA) is 85.2 Å². The first-order chi connectivity index (χ1) is 14.1. The normalized spacial score (nSPS) is 19.7. The molecule has 0 unspecified atom stereocenters. The Morgan fingerprint density at radius 3 is 2.59 bits per heavy atom. The third-order valence-corrected chi connectivity index (χ3v) is 6.53. The Morgan fingerprint density at radius 1 is 1.07 bits per heavy atom. The Bertz CT molecular complexity index is 1020. The lowest BCUT2D eigenvalue weighted by atomic mass is 9.95. The Balaban J connectivity index is 1.28. The van der Waals surface area contributed by atoms with Crippen LogP contribution < -0.4 is 5.73 Å². The minimum Gasteiger partial charge on any atom is -0.339 e. The predicted molar refractivity (Wildman–Crippen MR) is 110 cm³/mol. The molecule has 1 aromatic heterocycles. The number of likely N-dealkylation sites (tertiary alicyclic amines) is 1. The monoisotopic (exact) mass is 390 g/mol. The average Bonchev–Trinajstić information content (AvgIpc) is 3.43. The van der Waals surface area contributed by atoms with E-state index >= 15 is 0 Å². The fourth-order valence-corrected chi connectivity index (χ4v) is 4.74. The highest BCUT2D eigenvalue weighted by molar-refractivity contribution is 6.07. The fraction of sp³-hybridized carbons (Fsp3) is 0.435. The van der Waals surface area contributed by atoms with Gasteiger partial charge < -0.3 is 15.2 Å². The number of nitrogens with zero attached hydrogens (tertiary/aromatic N) is 3. The van der Waals surface area contributed by atoms with Gasteiger partial charge in [-0.1, -0.05) is 54.4 Å². The highest BCUT2D eigenvalue weighted by Gasteiger charge is 2.37. The summed E-state index contributed by atoms with van der Waals surface area (Å²) in [6, 6.07) is 13.9. The first-order valence-electron chi connectivity index (χ1n) is 10.5. The van der Waals surface area contributed by atoms with Gasteiger partial charge in [0.1, 0.15) is 0 Å². The number of nitrogens with two attached hydrogens (primary N) is 1. The minimum atomic E-state index is -0.424. The lowest BCUT2D eigenvalue weighted by molar-refractivity contribution is 0.0706. The van der Waals surface area contributed by atoms with Crippen LogP contribution in [0.3, 0.4) is 0 Å². The van der Waals surface area contributed by atoms with Gasteiger partial charge in [-0.3, -0.25) is 4.79 Å². The van der Waals surface area contributed by atoms with Gasteiger partial charge in [0, 0.05) is 24.6 Å². The predicted octanol–water partition coefficient (Wildman–Crippen LogP) is 3.97. The first kappa shape index (κ1) is 18.3. The summed E-state index contributed by atoms with van der Waals surface area (Å²) in [5, 5.41) is 6.29. The van der Waals surface area contributed by atoms with Crippen molar-refractivity contribution in [3.05, 3.63) is 59.7 Å². The van der Waals surface area contributed by atoms with E-state index in [1.807, 2.05) is 47.4 Å². The number of rotatable bonds is 3. The number of amides is 1. The molecule has 2 N–H and O–H groups in total. The van der Waals surface area contributed by atoms with Crippen molar-refractivity contribution < 1.29 is 9.32 Å². The molecule has 0 bridgehead atoms. The van der Waals surface area contributed by atoms with Gasteiger partial charge in [0.25, 0.3) is 5.91 Å². The molecule has 1 saturated heterocycles. The van der Waals surface area contributed by atoms with Crippen LogP contribution in [0, 0.1) is 0 Å². The molecule has 6 heteroatoms. The third-order valence-electron chi connectivity index (χ3n) is 6.53. The van der Waals surface area contributed by atoms with Gasteiger partial charge >= 0.3 is 0 Å². The molecular weight excluding hydrogens is 364 g/mol. The number of hydrogen-bond acceptors (Lipinski definition) is 5. The molecule has 0 spiro atoms. The van der Waals surface area contributed by atoms with Crippen LogP contribution in [-0.4, -0.2) is 34.0 Å². The molecule has 150 valence electrons. The van der Waals surface area contributed by atoms with Gasteiger partial charge in [-0.2, -0.15) is 4.98 Å². The summed E-state index contributed by atoms with van der Waals surface area (Å²) in [4.78, 5) is 19.7. The second kappa shape index (κ2) is 7.26. The van der Waals surface area contributed by atoms with Crippen LogP contribution in [0.5, 0.6) is 0 Å². The van der Waals surface area contributed by atoms with Gasteiger partial charge in [-0.25, -0.2) is 0 Å². The van der Waals surface area contributed by atoms with E-state index < -0.39 is 5.54 Å². The second-order valence-corrected chi connectivity index (χ2v) is 8.41. The van der Waals surface area contributed by atoms with Crippen LogP contribution in [0.2, 0.25) is 0 Å². The Morgan fingerprint density at radius 2 is 1.79 bits per heavy atom. The molecule has 0 radical (unpaired) electrons. The van der Waals surface area contributed by atoms with Crippen molar-refractivity contribution >= 4 is 16.7 Å². The quantitative estimate of drug-likeness (QED) is 0.731. The minimum absolute atomic E-state index is 0.0957. The van der Waals surface area contributed by atoms with Gasteiger partial charge in [-0.05, 0) is 42.5 Å². The van der Waals surface area contributed by atoms with Crippen molar-refractivity contribution in [1.82, 2.24) is 15.0 Å². The van der Waals surface area contributed by atoms with Crippen molar-refractivity contribution in [2.24, 2.45) is 5.73 Å². The van der Waals surface area contributed by atoms with Crippen LogP contribution in [0.15, 0.2) is 47.0 Å². The average molecular weight is 390 g/mol. The first-order valence-corrected chi connectivity index (χ1v) is 10.5. The van der Waals surface area contributed by atoms with E-state index in [0.29, 0.717) is 24.8 Å². The number of hydrogen-bond donors (Lipinski definition) is 1. The van der Waals surface area contributed by atoms with Crippen LogP contribution in [-0.2, 0) is 5.54 Å². The molecule has 0 atom stereocenters. The molecule has 2 aliphatic rings. The maximum Gasteiger partial charge on any atom is 0.254 e. The SMILES string of the molecule is NC1(c2noc(C3CCN(C(=O)c4cccc5ccccc45)CC3)n2)CCCC1. The highest BCUT2D eigenvalue weighted by atomic mass is 16.5. The summed E-state index contributed by atoms with van der Waals surface area (Å²) in [6.45, 7) is 1.39. The molecule has 5 rings (SSSR count). The number of fused-ring (bicyclic) bond motifs is 1. The van der Waals surface area contributed by atoms with Crippen molar-refractivity contribution in [2.45, 2.75) is 50.0 Å². The summed E-state index contributed by atoms with van der Waals surface area (Å²) in [7, 11) is 0. The van der Waals surface area contributed by atoms with Gasteiger partial charge in [-0.15, -0.1) is 0 Å². The molecular formula is C23H26N4O2. The smallest absolute Gasteiger partial charge is 0.254 e. The summed E-state index contributed by atoms with van der Waals surface area (Å²) in [6.07, 6.45) is 5.74. The van der Waals surface area contributed by atoms with E-state index in [4.69, 9.17) is 10.3 Å². The van der Waals surface area contributed by atoms with E-state index in [2.05, 4.69) is 10.1 Å². The van der Waals surface area contributed by atoms with Gasteiger partial charge in [0.2, 0.25) is 5.89 Å². The van der Waals surface area contributed by atoms with E-state index in [0.717, 1.165) is 54.9 Å². The van der Waals surface area contributed by atoms with Crippen molar-refractivity contribution in [1.29, 1.82) is 0 Å². The maximum atomic E-state index is 13.1.